The highest BCUT2D eigenvalue weighted by Gasteiger charge is 2.12. The van der Waals surface area contributed by atoms with Crippen molar-refractivity contribution in [2.45, 2.75) is 20.3 Å². The van der Waals surface area contributed by atoms with Crippen LogP contribution in [-0.4, -0.2) is 31.2 Å². The molecule has 0 spiro atoms. The van der Waals surface area contributed by atoms with Crippen molar-refractivity contribution in [3.8, 4) is 23.0 Å². The summed E-state index contributed by atoms with van der Waals surface area (Å²) in [6.45, 7) is 4.32. The second-order valence-corrected chi connectivity index (χ2v) is 6.45. The van der Waals surface area contributed by atoms with Crippen LogP contribution in [0.4, 0.5) is 0 Å². The molecule has 6 heteroatoms. The van der Waals surface area contributed by atoms with Crippen molar-refractivity contribution >= 4 is 5.91 Å². The highest BCUT2D eigenvalue weighted by molar-refractivity contribution is 5.77. The van der Waals surface area contributed by atoms with Crippen molar-refractivity contribution in [2.75, 3.05) is 20.3 Å². The molecule has 0 aliphatic heterocycles. The van der Waals surface area contributed by atoms with Gasteiger partial charge in [-0.05, 0) is 50.2 Å². The second kappa shape index (κ2) is 9.08. The van der Waals surface area contributed by atoms with Gasteiger partial charge in [0.05, 0.1) is 12.8 Å². The maximum atomic E-state index is 12.0. The van der Waals surface area contributed by atoms with E-state index in [1.165, 1.54) is 0 Å². The van der Waals surface area contributed by atoms with Crippen LogP contribution in [0.3, 0.4) is 0 Å². The largest absolute Gasteiger partial charge is 0.497 e. The van der Waals surface area contributed by atoms with E-state index in [2.05, 4.69) is 10.3 Å². The average Bonchev–Trinajstić information content (AvgIpc) is 3.08. The Kier molecular flexibility index (Phi) is 6.32. The highest BCUT2D eigenvalue weighted by atomic mass is 16.5. The van der Waals surface area contributed by atoms with Crippen molar-refractivity contribution < 1.29 is 18.7 Å². The van der Waals surface area contributed by atoms with E-state index in [1.807, 2.05) is 62.4 Å². The Balaban J connectivity index is 1.48. The Morgan fingerprint density at radius 3 is 2.39 bits per heavy atom. The number of aromatic nitrogens is 1. The molecular formula is C22H24N2O4. The number of oxazole rings is 1. The maximum absolute atomic E-state index is 12.0. The lowest BCUT2D eigenvalue weighted by atomic mass is 10.2. The fraction of sp³-hybridized carbons (Fsp3) is 0.273. The van der Waals surface area contributed by atoms with Crippen LogP contribution in [0.25, 0.3) is 11.5 Å². The van der Waals surface area contributed by atoms with Gasteiger partial charge in [0, 0.05) is 18.5 Å². The molecule has 0 atom stereocenters. The highest BCUT2D eigenvalue weighted by Crippen LogP contribution is 2.24. The van der Waals surface area contributed by atoms with Crippen LogP contribution in [-0.2, 0) is 11.2 Å². The fourth-order valence-electron chi connectivity index (χ4n) is 2.67. The molecule has 146 valence electrons. The summed E-state index contributed by atoms with van der Waals surface area (Å²) in [4.78, 5) is 16.5. The number of carbonyl (C=O) groups is 1. The van der Waals surface area contributed by atoms with E-state index in [0.717, 1.165) is 28.3 Å². The van der Waals surface area contributed by atoms with Crippen molar-refractivity contribution in [1.82, 2.24) is 10.3 Å². The van der Waals surface area contributed by atoms with Gasteiger partial charge in [-0.2, -0.15) is 0 Å². The van der Waals surface area contributed by atoms with Gasteiger partial charge in [0.15, 0.2) is 6.61 Å². The Hall–Kier alpha value is -3.28. The third-order valence-electron chi connectivity index (χ3n) is 4.30. The molecule has 0 saturated carbocycles. The molecule has 0 aliphatic rings. The number of nitrogens with one attached hydrogen (secondary N) is 1. The van der Waals surface area contributed by atoms with E-state index in [1.54, 1.807) is 7.11 Å². The Labute approximate surface area is 164 Å². The lowest BCUT2D eigenvalue weighted by Gasteiger charge is -2.07. The van der Waals surface area contributed by atoms with Crippen LogP contribution < -0.4 is 14.8 Å². The Bertz CT molecular complexity index is 915. The number of carbonyl (C=O) groups excluding carboxylic acids is 1. The van der Waals surface area contributed by atoms with Crippen molar-refractivity contribution in [3.05, 3.63) is 65.5 Å². The topological polar surface area (TPSA) is 73.6 Å². The zero-order valence-corrected chi connectivity index (χ0v) is 16.3. The van der Waals surface area contributed by atoms with E-state index < -0.39 is 0 Å². The van der Waals surface area contributed by atoms with E-state index in [4.69, 9.17) is 13.9 Å². The SMILES string of the molecule is COc1ccc(-c2nc(CCNC(=O)COc3ccc(C)cc3)c(C)o2)cc1. The quantitative estimate of drug-likeness (QED) is 0.645. The fourth-order valence-corrected chi connectivity index (χ4v) is 2.67. The van der Waals surface area contributed by atoms with Crippen molar-refractivity contribution in [3.63, 3.8) is 0 Å². The Morgan fingerprint density at radius 2 is 1.71 bits per heavy atom. The van der Waals surface area contributed by atoms with Gasteiger partial charge >= 0.3 is 0 Å². The molecule has 1 aromatic heterocycles. The van der Waals surface area contributed by atoms with Crippen LogP contribution in [0.15, 0.2) is 52.9 Å². The van der Waals surface area contributed by atoms with E-state index >= 15 is 0 Å². The summed E-state index contributed by atoms with van der Waals surface area (Å²) in [7, 11) is 1.63. The minimum atomic E-state index is -0.169. The molecule has 2 aromatic carbocycles. The minimum Gasteiger partial charge on any atom is -0.497 e. The molecule has 1 heterocycles. The monoisotopic (exact) mass is 380 g/mol. The summed E-state index contributed by atoms with van der Waals surface area (Å²) in [5.74, 6) is 2.59. The van der Waals surface area contributed by atoms with Gasteiger partial charge in [-0.25, -0.2) is 4.98 Å². The first-order chi connectivity index (χ1) is 13.5. The van der Waals surface area contributed by atoms with Crippen LogP contribution in [0.5, 0.6) is 11.5 Å². The molecule has 0 aliphatic carbocycles. The van der Waals surface area contributed by atoms with Crippen molar-refractivity contribution in [1.29, 1.82) is 0 Å². The molecule has 0 fully saturated rings. The predicted molar refractivity (Wildman–Crippen MR) is 107 cm³/mol. The van der Waals surface area contributed by atoms with Gasteiger partial charge in [-0.1, -0.05) is 17.7 Å². The number of hydrogen-bond acceptors (Lipinski definition) is 5. The predicted octanol–water partition coefficient (Wildman–Crippen LogP) is 3.70. The first-order valence-corrected chi connectivity index (χ1v) is 9.12. The third kappa shape index (κ3) is 5.13. The average molecular weight is 380 g/mol. The molecule has 6 nitrogen and oxygen atoms in total. The molecule has 1 N–H and O–H groups in total. The normalized spacial score (nSPS) is 10.5. The smallest absolute Gasteiger partial charge is 0.257 e. The van der Waals surface area contributed by atoms with Gasteiger partial charge in [0.2, 0.25) is 5.89 Å². The van der Waals surface area contributed by atoms with Gasteiger partial charge in [0.1, 0.15) is 17.3 Å². The van der Waals surface area contributed by atoms with Gasteiger partial charge in [-0.3, -0.25) is 4.79 Å². The third-order valence-corrected chi connectivity index (χ3v) is 4.30. The number of benzene rings is 2. The first-order valence-electron chi connectivity index (χ1n) is 9.12. The van der Waals surface area contributed by atoms with Gasteiger partial charge in [-0.15, -0.1) is 0 Å². The maximum Gasteiger partial charge on any atom is 0.257 e. The molecule has 0 saturated heterocycles. The lowest BCUT2D eigenvalue weighted by Crippen LogP contribution is -2.30. The number of rotatable bonds is 8. The zero-order valence-electron chi connectivity index (χ0n) is 16.3. The Morgan fingerprint density at radius 1 is 1.04 bits per heavy atom. The number of nitrogens with zero attached hydrogens (tertiary/aromatic N) is 1. The molecular weight excluding hydrogens is 356 g/mol. The van der Waals surface area contributed by atoms with E-state index in [-0.39, 0.29) is 12.5 Å². The minimum absolute atomic E-state index is 0.0159. The summed E-state index contributed by atoms with van der Waals surface area (Å²) in [5, 5.41) is 2.84. The van der Waals surface area contributed by atoms with E-state index in [0.29, 0.717) is 24.6 Å². The van der Waals surface area contributed by atoms with Crippen molar-refractivity contribution in [2.24, 2.45) is 0 Å². The zero-order chi connectivity index (χ0) is 19.9. The van der Waals surface area contributed by atoms with Crippen LogP contribution in [0, 0.1) is 13.8 Å². The first kappa shape index (κ1) is 19.5. The van der Waals surface area contributed by atoms with Crippen LogP contribution in [0.1, 0.15) is 17.0 Å². The second-order valence-electron chi connectivity index (χ2n) is 6.45. The molecule has 0 bridgehead atoms. The summed E-state index contributed by atoms with van der Waals surface area (Å²) in [6.07, 6.45) is 0.585. The summed E-state index contributed by atoms with van der Waals surface area (Å²) in [5.41, 5.74) is 2.85. The summed E-state index contributed by atoms with van der Waals surface area (Å²) >= 11 is 0. The summed E-state index contributed by atoms with van der Waals surface area (Å²) in [6, 6.07) is 15.1. The van der Waals surface area contributed by atoms with E-state index in [9.17, 15) is 4.79 Å². The van der Waals surface area contributed by atoms with Crippen LogP contribution >= 0.6 is 0 Å². The molecule has 0 unspecified atom stereocenters. The molecule has 3 aromatic rings. The number of ether oxygens (including phenoxy) is 2. The molecule has 28 heavy (non-hydrogen) atoms. The molecule has 0 radical (unpaired) electrons. The lowest BCUT2D eigenvalue weighted by molar-refractivity contribution is -0.123. The molecule has 3 rings (SSSR count). The number of amides is 1. The van der Waals surface area contributed by atoms with Gasteiger partial charge < -0.3 is 19.2 Å². The number of hydrogen-bond donors (Lipinski definition) is 1. The number of methoxy groups -OCH3 is 1. The summed E-state index contributed by atoms with van der Waals surface area (Å²) < 4.78 is 16.4. The standard InChI is InChI=1S/C22H24N2O4/c1-15-4-8-19(9-5-15)27-14-21(25)23-13-12-20-16(2)28-22(24-20)17-6-10-18(26-3)11-7-17/h4-11H,12-14H2,1-3H3,(H,23,25). The number of aryl methyl sites for hydroxylation is 2. The van der Waals surface area contributed by atoms with Crippen LogP contribution in [0.2, 0.25) is 0 Å². The van der Waals surface area contributed by atoms with Gasteiger partial charge in [0.25, 0.3) is 5.91 Å². The molecule has 1 amide bonds.